The Morgan fingerprint density at radius 3 is 2.19 bits per heavy atom. The number of alkyl halides is 3. The summed E-state index contributed by atoms with van der Waals surface area (Å²) in [5.41, 5.74) is 5.81. The predicted octanol–water partition coefficient (Wildman–Crippen LogP) is 6.67. The number of rotatable bonds is 4. The molecule has 0 saturated carbocycles. The van der Waals surface area contributed by atoms with Crippen molar-refractivity contribution in [1.29, 1.82) is 0 Å². The molecule has 0 fully saturated rings. The lowest BCUT2D eigenvalue weighted by Crippen LogP contribution is -2.21. The number of carbonyl (C=O) groups is 1. The van der Waals surface area contributed by atoms with Crippen LogP contribution in [0.3, 0.4) is 0 Å². The second-order valence-corrected chi connectivity index (χ2v) is 8.02. The van der Waals surface area contributed by atoms with E-state index >= 15 is 0 Å². The molecule has 1 aromatic heterocycles. The van der Waals surface area contributed by atoms with E-state index in [1.165, 1.54) is 11.3 Å². The molecule has 36 heavy (non-hydrogen) atoms. The zero-order valence-corrected chi connectivity index (χ0v) is 19.5. The van der Waals surface area contributed by atoms with Crippen molar-refractivity contribution in [2.45, 2.75) is 19.5 Å². The van der Waals surface area contributed by atoms with Crippen molar-refractivity contribution in [3.63, 3.8) is 0 Å². The van der Waals surface area contributed by atoms with Crippen LogP contribution >= 0.6 is 0 Å². The molecule has 0 amide bonds. The summed E-state index contributed by atoms with van der Waals surface area (Å²) in [6, 6.07) is 24.2. The van der Waals surface area contributed by atoms with Gasteiger partial charge in [-0.2, -0.15) is 13.2 Å². The number of hydrogen-bond donors (Lipinski definition) is 1. The maximum Gasteiger partial charge on any atom is 0.490 e. The minimum atomic E-state index is -5.08. The Morgan fingerprint density at radius 2 is 1.58 bits per heavy atom. The largest absolute Gasteiger partial charge is 0.497 e. The predicted molar refractivity (Wildman–Crippen MR) is 130 cm³/mol. The van der Waals surface area contributed by atoms with Gasteiger partial charge in [0.15, 0.2) is 0 Å². The lowest BCUT2D eigenvalue weighted by molar-refractivity contribution is -0.192. The standard InChI is InChI=1S/C25H22N2O2.C2HF3O2/c1-17-22-14-15-27(25(22)23-16-21(28-2)12-13-24(23)26-17)18-8-10-20(11-9-18)29-19-6-4-3-5-7-19;3-2(4,5)1(6)7/h3-13,16H,14-15H2,1-2H3;(H,6,7). The van der Waals surface area contributed by atoms with E-state index in [-0.39, 0.29) is 0 Å². The van der Waals surface area contributed by atoms with E-state index in [0.29, 0.717) is 0 Å². The first kappa shape index (κ1) is 24.8. The van der Waals surface area contributed by atoms with Gasteiger partial charge in [-0.25, -0.2) is 4.79 Å². The maximum absolute atomic E-state index is 10.6. The molecule has 5 rings (SSSR count). The number of halogens is 3. The molecule has 3 aromatic carbocycles. The van der Waals surface area contributed by atoms with Crippen molar-refractivity contribution in [2.75, 3.05) is 18.6 Å². The summed E-state index contributed by atoms with van der Waals surface area (Å²) in [4.78, 5) is 16.1. The van der Waals surface area contributed by atoms with Crippen LogP contribution in [0.5, 0.6) is 17.2 Å². The molecule has 1 aliphatic rings. The number of nitrogens with zero attached hydrogens (tertiary/aromatic N) is 2. The third-order valence-electron chi connectivity index (χ3n) is 5.69. The maximum atomic E-state index is 10.6. The Bertz CT molecular complexity index is 1370. The van der Waals surface area contributed by atoms with Gasteiger partial charge in [0.1, 0.15) is 17.2 Å². The number of aliphatic carboxylic acids is 1. The first-order valence-corrected chi connectivity index (χ1v) is 11.0. The number of carboxylic acids is 1. The van der Waals surface area contributed by atoms with Gasteiger partial charge in [-0.1, -0.05) is 18.2 Å². The molecule has 6 nitrogen and oxygen atoms in total. The molecular weight excluding hydrogens is 473 g/mol. The van der Waals surface area contributed by atoms with Gasteiger partial charge < -0.3 is 19.5 Å². The Labute approximate surface area is 205 Å². The minimum absolute atomic E-state index is 0.830. The Balaban J connectivity index is 0.000000384. The molecular formula is C27H23F3N2O4. The summed E-state index contributed by atoms with van der Waals surface area (Å²) in [5.74, 6) is -0.236. The van der Waals surface area contributed by atoms with Crippen LogP contribution in [-0.4, -0.2) is 35.9 Å². The second-order valence-electron chi connectivity index (χ2n) is 8.02. The number of ether oxygens (including phenoxy) is 2. The van der Waals surface area contributed by atoms with Crippen LogP contribution in [0.1, 0.15) is 11.3 Å². The summed E-state index contributed by atoms with van der Waals surface area (Å²) in [6.45, 7) is 3.04. The van der Waals surface area contributed by atoms with Gasteiger partial charge in [0.2, 0.25) is 0 Å². The third kappa shape index (κ3) is 5.35. The molecule has 2 heterocycles. The lowest BCUT2D eigenvalue weighted by Gasteiger charge is -2.22. The lowest BCUT2D eigenvalue weighted by atomic mass is 10.1. The van der Waals surface area contributed by atoms with Crippen molar-refractivity contribution in [2.24, 2.45) is 0 Å². The van der Waals surface area contributed by atoms with E-state index < -0.39 is 12.1 Å². The number of fused-ring (bicyclic) bond motifs is 3. The smallest absolute Gasteiger partial charge is 0.490 e. The second kappa shape index (κ2) is 10.2. The van der Waals surface area contributed by atoms with Crippen LogP contribution in [-0.2, 0) is 11.2 Å². The number of methoxy groups -OCH3 is 1. The molecule has 0 spiro atoms. The normalized spacial score (nSPS) is 12.5. The molecule has 0 bridgehead atoms. The zero-order chi connectivity index (χ0) is 25.9. The van der Waals surface area contributed by atoms with Crippen LogP contribution in [0.4, 0.5) is 24.5 Å². The van der Waals surface area contributed by atoms with Crippen molar-refractivity contribution in [3.05, 3.63) is 84.1 Å². The zero-order valence-electron chi connectivity index (χ0n) is 19.5. The fraction of sp³-hybridized carbons (Fsp3) is 0.185. The van der Waals surface area contributed by atoms with Gasteiger partial charge in [-0.15, -0.1) is 0 Å². The third-order valence-corrected chi connectivity index (χ3v) is 5.69. The molecule has 1 N–H and O–H groups in total. The quantitative estimate of drug-likeness (QED) is 0.340. The molecule has 4 aromatic rings. The summed E-state index contributed by atoms with van der Waals surface area (Å²) in [5, 5.41) is 8.26. The molecule has 186 valence electrons. The number of benzene rings is 3. The molecule has 0 unspecified atom stereocenters. The highest BCUT2D eigenvalue weighted by Gasteiger charge is 2.38. The first-order chi connectivity index (χ1) is 17.2. The number of aryl methyl sites for hydroxylation is 1. The monoisotopic (exact) mass is 496 g/mol. The van der Waals surface area contributed by atoms with E-state index in [1.54, 1.807) is 7.11 Å². The van der Waals surface area contributed by atoms with Crippen molar-refractivity contribution < 1.29 is 32.5 Å². The fourth-order valence-corrected chi connectivity index (χ4v) is 4.03. The molecule has 0 atom stereocenters. The number of anilines is 2. The van der Waals surface area contributed by atoms with Gasteiger partial charge in [0.05, 0.1) is 18.3 Å². The van der Waals surface area contributed by atoms with E-state index in [1.807, 2.05) is 54.6 Å². The average molecular weight is 496 g/mol. The van der Waals surface area contributed by atoms with E-state index in [9.17, 15) is 13.2 Å². The number of hydrogen-bond acceptors (Lipinski definition) is 5. The van der Waals surface area contributed by atoms with Crippen LogP contribution in [0.15, 0.2) is 72.8 Å². The van der Waals surface area contributed by atoms with Crippen LogP contribution in [0.25, 0.3) is 10.9 Å². The molecule has 1 aliphatic heterocycles. The minimum Gasteiger partial charge on any atom is -0.497 e. The number of para-hydroxylation sites is 1. The van der Waals surface area contributed by atoms with Crippen LogP contribution in [0.2, 0.25) is 0 Å². The number of carboxylic acid groups (broad SMARTS) is 1. The number of pyridine rings is 1. The first-order valence-electron chi connectivity index (χ1n) is 11.0. The Hall–Kier alpha value is -4.27. The van der Waals surface area contributed by atoms with E-state index in [2.05, 4.69) is 30.0 Å². The SMILES string of the molecule is COc1ccc2nc(C)c3c(c2c1)N(c1ccc(Oc2ccccc2)cc1)CC3.O=C(O)C(F)(F)F. The molecule has 0 radical (unpaired) electrons. The van der Waals surface area contributed by atoms with Gasteiger partial charge >= 0.3 is 12.1 Å². The summed E-state index contributed by atoms with van der Waals surface area (Å²) in [7, 11) is 1.70. The van der Waals surface area contributed by atoms with Crippen molar-refractivity contribution in [1.82, 2.24) is 4.98 Å². The van der Waals surface area contributed by atoms with Crippen molar-refractivity contribution in [3.8, 4) is 17.2 Å². The Kier molecular flexibility index (Phi) is 7.00. The Morgan fingerprint density at radius 1 is 0.972 bits per heavy atom. The topological polar surface area (TPSA) is 71.9 Å². The van der Waals surface area contributed by atoms with Gasteiger partial charge in [-0.05, 0) is 73.5 Å². The molecule has 0 saturated heterocycles. The molecule has 9 heteroatoms. The highest BCUT2D eigenvalue weighted by atomic mass is 19.4. The average Bonchev–Trinajstić information content (AvgIpc) is 3.31. The van der Waals surface area contributed by atoms with Crippen LogP contribution in [0, 0.1) is 6.92 Å². The highest BCUT2D eigenvalue weighted by Crippen LogP contribution is 2.42. The molecule has 0 aliphatic carbocycles. The van der Waals surface area contributed by atoms with Gasteiger partial charge in [0.25, 0.3) is 0 Å². The summed E-state index contributed by atoms with van der Waals surface area (Å²) in [6.07, 6.45) is -4.09. The summed E-state index contributed by atoms with van der Waals surface area (Å²) < 4.78 is 43.1. The summed E-state index contributed by atoms with van der Waals surface area (Å²) >= 11 is 0. The van der Waals surface area contributed by atoms with Crippen molar-refractivity contribution >= 4 is 28.2 Å². The van der Waals surface area contributed by atoms with E-state index in [4.69, 9.17) is 24.4 Å². The fourth-order valence-electron chi connectivity index (χ4n) is 4.03. The van der Waals surface area contributed by atoms with Gasteiger partial charge in [-0.3, -0.25) is 4.98 Å². The van der Waals surface area contributed by atoms with Crippen LogP contribution < -0.4 is 14.4 Å². The van der Waals surface area contributed by atoms with Gasteiger partial charge in [0, 0.05) is 23.3 Å². The highest BCUT2D eigenvalue weighted by molar-refractivity contribution is 5.98. The number of aromatic nitrogens is 1. The van der Waals surface area contributed by atoms with E-state index in [0.717, 1.165) is 52.5 Å².